The Morgan fingerprint density at radius 3 is 2.73 bits per heavy atom. The van der Waals surface area contributed by atoms with Gasteiger partial charge in [0, 0.05) is 18.3 Å². The van der Waals surface area contributed by atoms with E-state index in [1.165, 1.54) is 5.56 Å². The summed E-state index contributed by atoms with van der Waals surface area (Å²) in [6, 6.07) is 4.09. The van der Waals surface area contributed by atoms with Crippen LogP contribution in [-0.2, 0) is 12.8 Å². The first-order valence-electron chi connectivity index (χ1n) is 4.70. The third kappa shape index (κ3) is 2.52. The van der Waals surface area contributed by atoms with Gasteiger partial charge in [0.2, 0.25) is 0 Å². The molecule has 0 saturated heterocycles. The zero-order valence-electron chi connectivity index (χ0n) is 8.27. The van der Waals surface area contributed by atoms with Crippen LogP contribution in [0, 0.1) is 0 Å². The van der Waals surface area contributed by atoms with Crippen molar-refractivity contribution in [3.8, 4) is 0 Å². The van der Waals surface area contributed by atoms with Gasteiger partial charge < -0.3 is 0 Å². The minimum Gasteiger partial charge on any atom is -0.261 e. The Labute approximate surface area is 97.5 Å². The van der Waals surface area contributed by atoms with Crippen LogP contribution in [0.15, 0.2) is 18.3 Å². The van der Waals surface area contributed by atoms with Crippen LogP contribution in [0.5, 0.6) is 0 Å². The molecule has 0 aromatic carbocycles. The van der Waals surface area contributed by atoms with Crippen molar-refractivity contribution in [2.24, 2.45) is 0 Å². The fourth-order valence-electron chi connectivity index (χ4n) is 1.24. The number of halogens is 1. The Bertz CT molecular complexity index is 438. The lowest BCUT2D eigenvalue weighted by molar-refractivity contribution is 1.01. The van der Waals surface area contributed by atoms with Crippen molar-refractivity contribution < 1.29 is 0 Å². The van der Waals surface area contributed by atoms with Gasteiger partial charge in [-0.25, -0.2) is 0 Å². The monoisotopic (exact) mass is 239 g/mol. The molecule has 0 unspecified atom stereocenters. The van der Waals surface area contributed by atoms with Crippen LogP contribution < -0.4 is 0 Å². The van der Waals surface area contributed by atoms with Gasteiger partial charge in [-0.1, -0.05) is 24.6 Å². The van der Waals surface area contributed by atoms with E-state index >= 15 is 0 Å². The normalized spacial score (nSPS) is 10.5. The zero-order valence-corrected chi connectivity index (χ0v) is 9.85. The number of nitrogens with zero attached hydrogens (tertiary/aromatic N) is 3. The second-order valence-electron chi connectivity index (χ2n) is 3.19. The molecule has 0 amide bonds. The number of aryl methyl sites for hydroxylation is 1. The van der Waals surface area contributed by atoms with E-state index in [-0.39, 0.29) is 0 Å². The molecule has 3 nitrogen and oxygen atoms in total. The van der Waals surface area contributed by atoms with Crippen molar-refractivity contribution >= 4 is 23.3 Å². The summed E-state index contributed by atoms with van der Waals surface area (Å²) in [6.45, 7) is 2.11. The van der Waals surface area contributed by atoms with Crippen molar-refractivity contribution in [1.29, 1.82) is 0 Å². The third-order valence-corrected chi connectivity index (χ3v) is 3.12. The van der Waals surface area contributed by atoms with Crippen LogP contribution in [0.2, 0.25) is 5.15 Å². The molecule has 2 aromatic rings. The van der Waals surface area contributed by atoms with Gasteiger partial charge in [0.15, 0.2) is 5.15 Å². The van der Waals surface area contributed by atoms with Crippen molar-refractivity contribution in [2.75, 3.05) is 0 Å². The Balaban J connectivity index is 2.14. The van der Waals surface area contributed by atoms with Gasteiger partial charge in [0.25, 0.3) is 0 Å². The molecule has 0 fully saturated rings. The molecule has 78 valence electrons. The number of hydrogen-bond donors (Lipinski definition) is 0. The second kappa shape index (κ2) is 4.68. The number of pyridine rings is 1. The highest BCUT2D eigenvalue weighted by atomic mass is 35.5. The molecule has 2 heterocycles. The van der Waals surface area contributed by atoms with Crippen LogP contribution >= 0.6 is 23.3 Å². The fraction of sp³-hybridized carbons (Fsp3) is 0.300. The van der Waals surface area contributed by atoms with E-state index in [0.717, 1.165) is 29.5 Å². The second-order valence-corrected chi connectivity index (χ2v) is 4.08. The quantitative estimate of drug-likeness (QED) is 0.827. The molecular weight excluding hydrogens is 230 g/mol. The third-order valence-electron chi connectivity index (χ3n) is 2.15. The SMILES string of the molecule is CCc1ccc(Cc2nsnc2Cl)nc1. The van der Waals surface area contributed by atoms with E-state index < -0.39 is 0 Å². The average molecular weight is 240 g/mol. The van der Waals surface area contributed by atoms with E-state index in [1.54, 1.807) is 0 Å². The van der Waals surface area contributed by atoms with E-state index in [2.05, 4.69) is 26.7 Å². The maximum atomic E-state index is 5.86. The van der Waals surface area contributed by atoms with Gasteiger partial charge in [-0.3, -0.25) is 4.98 Å². The molecule has 5 heteroatoms. The molecule has 0 aliphatic carbocycles. The summed E-state index contributed by atoms with van der Waals surface area (Å²) in [5.41, 5.74) is 3.02. The average Bonchev–Trinajstić information content (AvgIpc) is 2.66. The largest absolute Gasteiger partial charge is 0.261 e. The minimum absolute atomic E-state index is 0.487. The molecule has 15 heavy (non-hydrogen) atoms. The van der Waals surface area contributed by atoms with Crippen LogP contribution in [0.1, 0.15) is 23.9 Å². The lowest BCUT2D eigenvalue weighted by atomic mass is 10.2. The lowest BCUT2D eigenvalue weighted by Gasteiger charge is -1.99. The molecule has 0 aliphatic rings. The van der Waals surface area contributed by atoms with Crippen LogP contribution in [-0.4, -0.2) is 13.7 Å². The molecular formula is C10H10ClN3S. The summed E-state index contributed by atoms with van der Waals surface area (Å²) < 4.78 is 8.03. The molecule has 0 saturated carbocycles. The Morgan fingerprint density at radius 1 is 1.33 bits per heavy atom. The van der Waals surface area contributed by atoms with Crippen molar-refractivity contribution in [3.05, 3.63) is 40.4 Å². The highest BCUT2D eigenvalue weighted by Crippen LogP contribution is 2.15. The molecule has 2 aromatic heterocycles. The van der Waals surface area contributed by atoms with Gasteiger partial charge >= 0.3 is 0 Å². The van der Waals surface area contributed by atoms with Crippen molar-refractivity contribution in [1.82, 2.24) is 13.7 Å². The molecule has 0 radical (unpaired) electrons. The van der Waals surface area contributed by atoms with Gasteiger partial charge in [0.05, 0.1) is 17.4 Å². The summed E-state index contributed by atoms with van der Waals surface area (Å²) in [7, 11) is 0. The number of aromatic nitrogens is 3. The summed E-state index contributed by atoms with van der Waals surface area (Å²) in [5.74, 6) is 0. The molecule has 0 N–H and O–H groups in total. The highest BCUT2D eigenvalue weighted by Gasteiger charge is 2.06. The lowest BCUT2D eigenvalue weighted by Crippen LogP contribution is -1.94. The molecule has 0 aliphatic heterocycles. The van der Waals surface area contributed by atoms with Gasteiger partial charge in [0.1, 0.15) is 0 Å². The Morgan fingerprint density at radius 2 is 2.20 bits per heavy atom. The summed E-state index contributed by atoms with van der Waals surface area (Å²) >= 11 is 6.99. The number of hydrogen-bond acceptors (Lipinski definition) is 4. The van der Waals surface area contributed by atoms with Gasteiger partial charge in [-0.2, -0.15) is 8.75 Å². The molecule has 0 spiro atoms. The van der Waals surface area contributed by atoms with Crippen molar-refractivity contribution in [2.45, 2.75) is 19.8 Å². The minimum atomic E-state index is 0.487. The first-order chi connectivity index (χ1) is 7.29. The van der Waals surface area contributed by atoms with Crippen molar-refractivity contribution in [3.63, 3.8) is 0 Å². The fourth-order valence-corrected chi connectivity index (χ4v) is 1.96. The predicted octanol–water partition coefficient (Wildman–Crippen LogP) is 2.74. The molecule has 2 rings (SSSR count). The number of rotatable bonds is 3. The summed E-state index contributed by atoms with van der Waals surface area (Å²) in [6.07, 6.45) is 3.55. The first-order valence-corrected chi connectivity index (χ1v) is 5.81. The molecule has 0 atom stereocenters. The van der Waals surface area contributed by atoms with Crippen LogP contribution in [0.25, 0.3) is 0 Å². The topological polar surface area (TPSA) is 38.7 Å². The smallest absolute Gasteiger partial charge is 0.166 e. The highest BCUT2D eigenvalue weighted by molar-refractivity contribution is 6.99. The maximum absolute atomic E-state index is 5.86. The van der Waals surface area contributed by atoms with Crippen LogP contribution in [0.3, 0.4) is 0 Å². The van der Waals surface area contributed by atoms with Gasteiger partial charge in [-0.15, -0.1) is 0 Å². The standard InChI is InChI=1S/C10H10ClN3S/c1-2-7-3-4-8(12-6-7)5-9-10(11)14-15-13-9/h3-4,6H,2,5H2,1H3. The Hall–Kier alpha value is -1.00. The summed E-state index contributed by atoms with van der Waals surface area (Å²) in [4.78, 5) is 4.34. The maximum Gasteiger partial charge on any atom is 0.166 e. The first kappa shape index (κ1) is 10.5. The van der Waals surface area contributed by atoms with Gasteiger partial charge in [-0.05, 0) is 18.1 Å². The predicted molar refractivity (Wildman–Crippen MR) is 61.3 cm³/mol. The van der Waals surface area contributed by atoms with E-state index in [9.17, 15) is 0 Å². The summed E-state index contributed by atoms with van der Waals surface area (Å²) in [5, 5.41) is 0.487. The van der Waals surface area contributed by atoms with E-state index in [0.29, 0.717) is 11.6 Å². The zero-order chi connectivity index (χ0) is 10.7. The molecule has 0 bridgehead atoms. The van der Waals surface area contributed by atoms with Crippen LogP contribution in [0.4, 0.5) is 0 Å². The Kier molecular flexibility index (Phi) is 3.28. The van der Waals surface area contributed by atoms with E-state index in [1.807, 2.05) is 12.3 Å². The van der Waals surface area contributed by atoms with E-state index in [4.69, 9.17) is 11.6 Å².